The van der Waals surface area contributed by atoms with Gasteiger partial charge in [0, 0.05) is 6.04 Å². The Labute approximate surface area is 128 Å². The van der Waals surface area contributed by atoms with Gasteiger partial charge in [0.15, 0.2) is 0 Å². The van der Waals surface area contributed by atoms with Gasteiger partial charge in [-0.15, -0.1) is 13.2 Å². The molecule has 0 aromatic heterocycles. The number of hydrogen-bond donors (Lipinski definition) is 1. The average Bonchev–Trinajstić information content (AvgIpc) is 2.30. The molecule has 1 rings (SSSR count). The van der Waals surface area contributed by atoms with Crippen LogP contribution in [0.4, 0.5) is 13.2 Å². The quantitative estimate of drug-likeness (QED) is 0.796. The van der Waals surface area contributed by atoms with Crippen molar-refractivity contribution in [3.63, 3.8) is 0 Å². The molecule has 0 aliphatic rings. The molecule has 2 nitrogen and oxygen atoms in total. The Kier molecular flexibility index (Phi) is 6.35. The lowest BCUT2D eigenvalue weighted by Gasteiger charge is -2.17. The molecule has 0 saturated heterocycles. The lowest BCUT2D eigenvalue weighted by Crippen LogP contribution is -2.18. The highest BCUT2D eigenvalue weighted by molar-refractivity contribution is 6.32. The van der Waals surface area contributed by atoms with Crippen LogP contribution in [0.15, 0.2) is 12.1 Å². The minimum absolute atomic E-state index is 0.0152. The van der Waals surface area contributed by atoms with Gasteiger partial charge < -0.3 is 10.5 Å². The van der Waals surface area contributed by atoms with E-state index in [-0.39, 0.29) is 22.7 Å². The maximum Gasteiger partial charge on any atom is 0.573 e. The van der Waals surface area contributed by atoms with Gasteiger partial charge in [-0.05, 0) is 49.3 Å². The summed E-state index contributed by atoms with van der Waals surface area (Å²) < 4.78 is 41.4. The molecular weight excluding hydrogens is 303 g/mol. The molecule has 0 spiro atoms. The molecule has 0 bridgehead atoms. The predicted octanol–water partition coefficient (Wildman–Crippen LogP) is 5.03. The van der Waals surface area contributed by atoms with E-state index in [9.17, 15) is 13.2 Å². The minimum Gasteiger partial charge on any atom is -0.404 e. The van der Waals surface area contributed by atoms with Crippen LogP contribution in [0.3, 0.4) is 0 Å². The van der Waals surface area contributed by atoms with Crippen LogP contribution in [0.2, 0.25) is 5.02 Å². The smallest absolute Gasteiger partial charge is 0.404 e. The van der Waals surface area contributed by atoms with Crippen molar-refractivity contribution in [2.45, 2.75) is 58.4 Å². The minimum atomic E-state index is -4.75. The molecule has 2 N–H and O–H groups in total. The molecule has 1 atom stereocenters. The van der Waals surface area contributed by atoms with Crippen LogP contribution in [0.1, 0.15) is 50.7 Å². The first-order chi connectivity index (χ1) is 9.60. The molecule has 120 valence electrons. The van der Waals surface area contributed by atoms with E-state index in [2.05, 4.69) is 4.74 Å². The third-order valence-electron chi connectivity index (χ3n) is 3.10. The predicted molar refractivity (Wildman–Crippen MR) is 78.8 cm³/mol. The first-order valence-corrected chi connectivity index (χ1v) is 7.31. The van der Waals surface area contributed by atoms with Gasteiger partial charge in [0.25, 0.3) is 0 Å². The van der Waals surface area contributed by atoms with Crippen molar-refractivity contribution in [1.29, 1.82) is 0 Å². The molecule has 0 aliphatic carbocycles. The average molecular weight is 324 g/mol. The highest BCUT2D eigenvalue weighted by Gasteiger charge is 2.32. The van der Waals surface area contributed by atoms with E-state index in [1.807, 2.05) is 26.8 Å². The lowest BCUT2D eigenvalue weighted by molar-refractivity contribution is -0.274. The van der Waals surface area contributed by atoms with Crippen LogP contribution in [0.5, 0.6) is 5.75 Å². The molecule has 0 aliphatic heterocycles. The Morgan fingerprint density at radius 1 is 1.24 bits per heavy atom. The number of alkyl halides is 3. The number of aryl methyl sites for hydroxylation is 1. The molecule has 6 heteroatoms. The summed E-state index contributed by atoms with van der Waals surface area (Å²) in [6.07, 6.45) is -2.48. The van der Waals surface area contributed by atoms with Crippen LogP contribution < -0.4 is 10.5 Å². The summed E-state index contributed by atoms with van der Waals surface area (Å²) in [4.78, 5) is 0. The van der Waals surface area contributed by atoms with Gasteiger partial charge in [0.1, 0.15) is 5.75 Å². The Balaban J connectivity index is 3.03. The Morgan fingerprint density at radius 3 is 2.33 bits per heavy atom. The third kappa shape index (κ3) is 6.14. The zero-order valence-electron chi connectivity index (χ0n) is 12.4. The summed E-state index contributed by atoms with van der Waals surface area (Å²) in [6.45, 7) is 5.66. The van der Waals surface area contributed by atoms with E-state index >= 15 is 0 Å². The first-order valence-electron chi connectivity index (χ1n) is 6.93. The molecule has 1 aromatic carbocycles. The van der Waals surface area contributed by atoms with Crippen LogP contribution in [-0.2, 0) is 6.42 Å². The van der Waals surface area contributed by atoms with Crippen molar-refractivity contribution in [3.05, 3.63) is 28.3 Å². The second kappa shape index (κ2) is 7.36. The molecule has 0 heterocycles. The van der Waals surface area contributed by atoms with Crippen LogP contribution in [0.25, 0.3) is 0 Å². The lowest BCUT2D eigenvalue weighted by atomic mass is 9.97. The van der Waals surface area contributed by atoms with E-state index in [0.29, 0.717) is 12.0 Å². The van der Waals surface area contributed by atoms with Gasteiger partial charge in [-0.2, -0.15) is 0 Å². The van der Waals surface area contributed by atoms with Gasteiger partial charge in [-0.1, -0.05) is 31.5 Å². The monoisotopic (exact) mass is 323 g/mol. The first kappa shape index (κ1) is 18.1. The largest absolute Gasteiger partial charge is 0.573 e. The molecular formula is C15H21ClF3NO. The van der Waals surface area contributed by atoms with E-state index < -0.39 is 6.36 Å². The summed E-state index contributed by atoms with van der Waals surface area (Å²) in [5.41, 5.74) is 7.12. The standard InChI is InChI=1S/C15H21ClF3NO/c1-9(2)12-7-11(6-4-5-10(3)20)8-13(14(12)16)21-15(17,18)19/h7-10H,4-6,20H2,1-3H3/t10-/m0/s1. The van der Waals surface area contributed by atoms with Gasteiger partial charge in [0.2, 0.25) is 0 Å². The zero-order valence-corrected chi connectivity index (χ0v) is 13.2. The van der Waals surface area contributed by atoms with Crippen molar-refractivity contribution in [1.82, 2.24) is 0 Å². The fourth-order valence-corrected chi connectivity index (χ4v) is 2.44. The summed E-state index contributed by atoms with van der Waals surface area (Å²) in [5, 5.41) is 0.0262. The van der Waals surface area contributed by atoms with Gasteiger partial charge >= 0.3 is 6.36 Å². The van der Waals surface area contributed by atoms with E-state index in [0.717, 1.165) is 18.4 Å². The molecule has 0 radical (unpaired) electrons. The maximum atomic E-state index is 12.4. The molecule has 0 amide bonds. The van der Waals surface area contributed by atoms with Gasteiger partial charge in [-0.3, -0.25) is 0 Å². The van der Waals surface area contributed by atoms with Crippen molar-refractivity contribution < 1.29 is 17.9 Å². The molecule has 21 heavy (non-hydrogen) atoms. The number of rotatable bonds is 6. The van der Waals surface area contributed by atoms with Crippen LogP contribution >= 0.6 is 11.6 Å². The Bertz CT molecular complexity index is 473. The van der Waals surface area contributed by atoms with Crippen molar-refractivity contribution >= 4 is 11.6 Å². The number of hydrogen-bond acceptors (Lipinski definition) is 2. The van der Waals surface area contributed by atoms with Crippen LogP contribution in [-0.4, -0.2) is 12.4 Å². The Hall–Kier alpha value is -0.940. The van der Waals surface area contributed by atoms with Crippen molar-refractivity contribution in [2.75, 3.05) is 0 Å². The van der Waals surface area contributed by atoms with E-state index in [1.54, 1.807) is 0 Å². The highest BCUT2D eigenvalue weighted by atomic mass is 35.5. The summed E-state index contributed by atoms with van der Waals surface area (Å²) in [6, 6.07) is 3.29. The second-order valence-corrected chi connectivity index (χ2v) is 5.95. The third-order valence-corrected chi connectivity index (χ3v) is 3.50. The second-order valence-electron chi connectivity index (χ2n) is 5.57. The van der Waals surface area contributed by atoms with E-state index in [1.165, 1.54) is 6.07 Å². The fraction of sp³-hybridized carbons (Fsp3) is 0.600. The normalized spacial score (nSPS) is 13.6. The van der Waals surface area contributed by atoms with Crippen LogP contribution in [0, 0.1) is 0 Å². The number of ether oxygens (including phenoxy) is 1. The van der Waals surface area contributed by atoms with E-state index in [4.69, 9.17) is 17.3 Å². The Morgan fingerprint density at radius 2 is 1.86 bits per heavy atom. The number of nitrogens with two attached hydrogens (primary N) is 1. The number of halogens is 4. The number of benzene rings is 1. The van der Waals surface area contributed by atoms with Crippen molar-refractivity contribution in [3.8, 4) is 5.75 Å². The van der Waals surface area contributed by atoms with Gasteiger partial charge in [0.05, 0.1) is 5.02 Å². The zero-order chi connectivity index (χ0) is 16.2. The molecule has 0 unspecified atom stereocenters. The molecule has 1 aromatic rings. The maximum absolute atomic E-state index is 12.4. The molecule has 0 fully saturated rings. The SMILES string of the molecule is CC(C)c1cc(CCC[C@H](C)N)cc(OC(F)(F)F)c1Cl. The van der Waals surface area contributed by atoms with Crippen molar-refractivity contribution in [2.24, 2.45) is 5.73 Å². The highest BCUT2D eigenvalue weighted by Crippen LogP contribution is 2.37. The molecule has 0 saturated carbocycles. The fourth-order valence-electron chi connectivity index (χ4n) is 2.07. The summed E-state index contributed by atoms with van der Waals surface area (Å²) >= 11 is 6.02. The van der Waals surface area contributed by atoms with Gasteiger partial charge in [-0.25, -0.2) is 0 Å². The summed E-state index contributed by atoms with van der Waals surface area (Å²) in [7, 11) is 0. The topological polar surface area (TPSA) is 35.2 Å². The summed E-state index contributed by atoms with van der Waals surface area (Å²) in [5.74, 6) is -0.312.